The average molecular weight is 389 g/mol. The predicted octanol–water partition coefficient (Wildman–Crippen LogP) is 5.46. The van der Waals surface area contributed by atoms with E-state index in [0.29, 0.717) is 0 Å². The lowest BCUT2D eigenvalue weighted by molar-refractivity contribution is 0.412. The SMILES string of the molecule is CCCNC(Cc1ccc(OC)c(Br)c1)c1sccc1Cl. The number of methoxy groups -OCH3 is 1. The average Bonchev–Trinajstić information content (AvgIpc) is 2.90. The van der Waals surface area contributed by atoms with Crippen molar-refractivity contribution in [2.45, 2.75) is 25.8 Å². The Morgan fingerprint density at radius 2 is 2.19 bits per heavy atom. The Bertz CT molecular complexity index is 587. The first kappa shape index (κ1) is 16.8. The number of rotatable bonds is 7. The van der Waals surface area contributed by atoms with Crippen molar-refractivity contribution < 1.29 is 4.74 Å². The molecule has 0 saturated carbocycles. The largest absolute Gasteiger partial charge is 0.496 e. The van der Waals surface area contributed by atoms with Gasteiger partial charge >= 0.3 is 0 Å². The zero-order chi connectivity index (χ0) is 15.2. The fraction of sp³-hybridized carbons (Fsp3) is 0.375. The molecule has 2 rings (SSSR count). The van der Waals surface area contributed by atoms with Gasteiger partial charge in [-0.25, -0.2) is 0 Å². The highest BCUT2D eigenvalue weighted by molar-refractivity contribution is 9.10. The Balaban J connectivity index is 2.18. The third-order valence-electron chi connectivity index (χ3n) is 3.26. The molecule has 0 aliphatic heterocycles. The van der Waals surface area contributed by atoms with E-state index in [1.54, 1.807) is 18.4 Å². The van der Waals surface area contributed by atoms with Gasteiger partial charge in [-0.2, -0.15) is 0 Å². The van der Waals surface area contributed by atoms with Gasteiger partial charge in [-0.1, -0.05) is 24.6 Å². The second-order valence-electron chi connectivity index (χ2n) is 4.81. The van der Waals surface area contributed by atoms with Crippen LogP contribution in [0.25, 0.3) is 0 Å². The maximum Gasteiger partial charge on any atom is 0.133 e. The van der Waals surface area contributed by atoms with Crippen LogP contribution in [0.15, 0.2) is 34.1 Å². The monoisotopic (exact) mass is 387 g/mol. The summed E-state index contributed by atoms with van der Waals surface area (Å²) >= 11 is 11.6. The normalized spacial score (nSPS) is 12.4. The van der Waals surface area contributed by atoms with E-state index < -0.39 is 0 Å². The smallest absolute Gasteiger partial charge is 0.133 e. The van der Waals surface area contributed by atoms with Gasteiger partial charge in [0.05, 0.1) is 16.6 Å². The molecule has 0 spiro atoms. The van der Waals surface area contributed by atoms with Crippen LogP contribution < -0.4 is 10.1 Å². The van der Waals surface area contributed by atoms with Crippen molar-refractivity contribution in [3.05, 3.63) is 49.6 Å². The maximum absolute atomic E-state index is 6.30. The van der Waals surface area contributed by atoms with Gasteiger partial charge in [0.25, 0.3) is 0 Å². The minimum absolute atomic E-state index is 0.248. The second-order valence-corrected chi connectivity index (χ2v) is 7.02. The number of hydrogen-bond donors (Lipinski definition) is 1. The highest BCUT2D eigenvalue weighted by atomic mass is 79.9. The zero-order valence-corrected chi connectivity index (χ0v) is 15.3. The van der Waals surface area contributed by atoms with Crippen LogP contribution in [0, 0.1) is 0 Å². The molecular formula is C16H19BrClNOS. The lowest BCUT2D eigenvalue weighted by atomic mass is 10.0. The summed E-state index contributed by atoms with van der Waals surface area (Å²) in [6.07, 6.45) is 2.01. The molecule has 1 heterocycles. The summed E-state index contributed by atoms with van der Waals surface area (Å²) in [4.78, 5) is 1.21. The molecule has 2 aromatic rings. The van der Waals surface area contributed by atoms with Crippen molar-refractivity contribution in [3.8, 4) is 5.75 Å². The maximum atomic E-state index is 6.30. The van der Waals surface area contributed by atoms with Crippen LogP contribution in [0.2, 0.25) is 5.02 Å². The van der Waals surface area contributed by atoms with Crippen LogP contribution in [0.1, 0.15) is 29.8 Å². The van der Waals surface area contributed by atoms with Crippen LogP contribution in [-0.2, 0) is 6.42 Å². The first-order valence-corrected chi connectivity index (χ1v) is 8.99. The third kappa shape index (κ3) is 4.46. The Labute approximate surface area is 143 Å². The van der Waals surface area contributed by atoms with Crippen molar-refractivity contribution >= 4 is 38.9 Å². The predicted molar refractivity (Wildman–Crippen MR) is 94.8 cm³/mol. The number of benzene rings is 1. The molecule has 0 amide bonds. The highest BCUT2D eigenvalue weighted by Gasteiger charge is 2.16. The van der Waals surface area contributed by atoms with Gasteiger partial charge in [-0.05, 0) is 64.5 Å². The number of ether oxygens (including phenoxy) is 1. The van der Waals surface area contributed by atoms with Crippen molar-refractivity contribution in [2.75, 3.05) is 13.7 Å². The fourth-order valence-electron chi connectivity index (χ4n) is 2.20. The van der Waals surface area contributed by atoms with Crippen LogP contribution in [0.3, 0.4) is 0 Å². The molecule has 0 saturated heterocycles. The molecule has 0 radical (unpaired) electrons. The quantitative estimate of drug-likeness (QED) is 0.680. The number of nitrogens with one attached hydrogen (secondary N) is 1. The summed E-state index contributed by atoms with van der Waals surface area (Å²) in [5, 5.41) is 6.48. The number of hydrogen-bond acceptors (Lipinski definition) is 3. The molecule has 5 heteroatoms. The van der Waals surface area contributed by atoms with E-state index in [1.165, 1.54) is 10.4 Å². The summed E-state index contributed by atoms with van der Waals surface area (Å²) in [7, 11) is 1.68. The van der Waals surface area contributed by atoms with E-state index in [0.717, 1.165) is 34.6 Å². The third-order valence-corrected chi connectivity index (χ3v) is 5.35. The molecule has 1 N–H and O–H groups in total. The molecule has 1 atom stereocenters. The topological polar surface area (TPSA) is 21.3 Å². The highest BCUT2D eigenvalue weighted by Crippen LogP contribution is 2.32. The van der Waals surface area contributed by atoms with Crippen LogP contribution in [0.4, 0.5) is 0 Å². The molecule has 1 unspecified atom stereocenters. The first-order chi connectivity index (χ1) is 10.2. The van der Waals surface area contributed by atoms with Crippen LogP contribution >= 0.6 is 38.9 Å². The molecule has 0 fully saturated rings. The van der Waals surface area contributed by atoms with E-state index in [1.807, 2.05) is 17.5 Å². The summed E-state index contributed by atoms with van der Waals surface area (Å²) in [6.45, 7) is 3.15. The minimum atomic E-state index is 0.248. The van der Waals surface area contributed by atoms with Crippen molar-refractivity contribution in [2.24, 2.45) is 0 Å². The van der Waals surface area contributed by atoms with Crippen LogP contribution in [-0.4, -0.2) is 13.7 Å². The van der Waals surface area contributed by atoms with Crippen LogP contribution in [0.5, 0.6) is 5.75 Å². The van der Waals surface area contributed by atoms with Gasteiger partial charge in [-0.15, -0.1) is 11.3 Å². The summed E-state index contributed by atoms with van der Waals surface area (Å²) < 4.78 is 6.26. The lowest BCUT2D eigenvalue weighted by Crippen LogP contribution is -2.23. The molecule has 114 valence electrons. The lowest BCUT2D eigenvalue weighted by Gasteiger charge is -2.18. The van der Waals surface area contributed by atoms with Crippen molar-refractivity contribution in [1.29, 1.82) is 0 Å². The molecule has 1 aromatic carbocycles. The molecule has 1 aromatic heterocycles. The Hall–Kier alpha value is -0.550. The zero-order valence-electron chi connectivity index (χ0n) is 12.2. The number of halogens is 2. The molecular weight excluding hydrogens is 370 g/mol. The van der Waals surface area contributed by atoms with Crippen molar-refractivity contribution in [1.82, 2.24) is 5.32 Å². The van der Waals surface area contributed by atoms with E-state index in [-0.39, 0.29) is 6.04 Å². The molecule has 0 aliphatic carbocycles. The molecule has 0 aliphatic rings. The van der Waals surface area contributed by atoms with Gasteiger partial charge in [0.1, 0.15) is 5.75 Å². The van der Waals surface area contributed by atoms with E-state index >= 15 is 0 Å². The Morgan fingerprint density at radius 1 is 1.38 bits per heavy atom. The number of thiophene rings is 1. The minimum Gasteiger partial charge on any atom is -0.496 e. The van der Waals surface area contributed by atoms with E-state index in [4.69, 9.17) is 16.3 Å². The van der Waals surface area contributed by atoms with E-state index in [2.05, 4.69) is 40.3 Å². The van der Waals surface area contributed by atoms with E-state index in [9.17, 15) is 0 Å². The fourth-order valence-corrected chi connectivity index (χ4v) is 4.06. The van der Waals surface area contributed by atoms with Gasteiger partial charge in [0.2, 0.25) is 0 Å². The van der Waals surface area contributed by atoms with Gasteiger partial charge < -0.3 is 10.1 Å². The standard InChI is InChI=1S/C16H19BrClNOS/c1-3-7-19-14(16-13(18)6-8-21-16)10-11-4-5-15(20-2)12(17)9-11/h4-6,8-9,14,19H,3,7,10H2,1-2H3. The second kappa shape index (κ2) is 8.18. The molecule has 0 bridgehead atoms. The first-order valence-electron chi connectivity index (χ1n) is 6.94. The molecule has 2 nitrogen and oxygen atoms in total. The Morgan fingerprint density at radius 3 is 2.76 bits per heavy atom. The van der Waals surface area contributed by atoms with Gasteiger partial charge in [0.15, 0.2) is 0 Å². The Kier molecular flexibility index (Phi) is 6.55. The summed E-state index contributed by atoms with van der Waals surface area (Å²) in [5.74, 6) is 0.853. The van der Waals surface area contributed by atoms with Crippen molar-refractivity contribution in [3.63, 3.8) is 0 Å². The summed E-state index contributed by atoms with van der Waals surface area (Å²) in [6, 6.07) is 8.42. The summed E-state index contributed by atoms with van der Waals surface area (Å²) in [5.41, 5.74) is 1.25. The molecule has 21 heavy (non-hydrogen) atoms. The van der Waals surface area contributed by atoms with Gasteiger partial charge in [0, 0.05) is 10.9 Å². The van der Waals surface area contributed by atoms with Gasteiger partial charge in [-0.3, -0.25) is 0 Å².